The van der Waals surface area contributed by atoms with Crippen molar-refractivity contribution in [1.29, 1.82) is 5.41 Å². The van der Waals surface area contributed by atoms with Crippen molar-refractivity contribution in [3.8, 4) is 0 Å². The zero-order valence-corrected chi connectivity index (χ0v) is 19.4. The van der Waals surface area contributed by atoms with Gasteiger partial charge < -0.3 is 36.8 Å². The van der Waals surface area contributed by atoms with Crippen molar-refractivity contribution < 1.29 is 34.8 Å². The van der Waals surface area contributed by atoms with Gasteiger partial charge >= 0.3 is 11.9 Å². The molecule has 0 bridgehead atoms. The molecule has 36 heavy (non-hydrogen) atoms. The highest BCUT2D eigenvalue weighted by atomic mass is 16.4. The Hall–Kier alpha value is -4.00. The first-order chi connectivity index (χ1) is 17.0. The van der Waals surface area contributed by atoms with Gasteiger partial charge in [0.05, 0.1) is 12.5 Å². The number of carboxylic acid groups (broad SMARTS) is 2. The van der Waals surface area contributed by atoms with Gasteiger partial charge in [-0.25, -0.2) is 4.79 Å². The third-order valence-electron chi connectivity index (χ3n) is 5.23. The van der Waals surface area contributed by atoms with Gasteiger partial charge in [-0.2, -0.15) is 0 Å². The average Bonchev–Trinajstić information content (AvgIpc) is 2.82. The van der Waals surface area contributed by atoms with Gasteiger partial charge in [-0.3, -0.25) is 20.3 Å². The molecule has 0 fully saturated rings. The maximum Gasteiger partial charge on any atom is 0.326 e. The molecule has 0 heterocycles. The molecule has 1 amide bonds. The number of carboxylic acids is 2. The van der Waals surface area contributed by atoms with E-state index in [2.05, 4.69) is 16.0 Å². The summed E-state index contributed by atoms with van der Waals surface area (Å²) in [7, 11) is 0. The van der Waals surface area contributed by atoms with Crippen LogP contribution in [0.5, 0.6) is 0 Å². The molecule has 194 valence electrons. The van der Waals surface area contributed by atoms with E-state index in [0.717, 1.165) is 0 Å². The van der Waals surface area contributed by atoms with Crippen molar-refractivity contribution >= 4 is 29.4 Å². The third kappa shape index (κ3) is 9.70. The van der Waals surface area contributed by atoms with Crippen molar-refractivity contribution in [2.24, 2.45) is 5.73 Å². The molecule has 0 aliphatic carbocycles. The molecule has 4 atom stereocenters. The molecule has 0 aliphatic rings. The molecular weight excluding hydrogens is 470 g/mol. The number of nitrogens with two attached hydrogens (primary N) is 1. The summed E-state index contributed by atoms with van der Waals surface area (Å²) in [4.78, 5) is 35.6. The number of nitrogens with one attached hydrogen (secondary N) is 4. The van der Waals surface area contributed by atoms with E-state index < -0.39 is 48.8 Å². The van der Waals surface area contributed by atoms with Crippen molar-refractivity contribution in [3.05, 3.63) is 65.7 Å². The van der Waals surface area contributed by atoms with E-state index in [1.165, 1.54) is 0 Å². The number of hydrogen-bond donors (Lipinski definition) is 9. The first-order valence-corrected chi connectivity index (χ1v) is 11.2. The van der Waals surface area contributed by atoms with E-state index >= 15 is 0 Å². The Kier molecular flexibility index (Phi) is 10.8. The lowest BCUT2D eigenvalue weighted by Crippen LogP contribution is -2.53. The van der Waals surface area contributed by atoms with Crippen LogP contribution in [0.15, 0.2) is 54.6 Å². The summed E-state index contributed by atoms with van der Waals surface area (Å²) in [6.45, 7) is 0. The summed E-state index contributed by atoms with van der Waals surface area (Å²) in [6.07, 6.45) is -3.13. The number of aliphatic hydroxyl groups excluding tert-OH is 2. The molecule has 2 rings (SSSR count). The number of amidine groups is 1. The fourth-order valence-electron chi connectivity index (χ4n) is 3.37. The molecular formula is C24H31N5O7. The number of nitrogen functional groups attached to an aromatic ring is 1. The summed E-state index contributed by atoms with van der Waals surface area (Å²) in [6, 6.07) is 12.4. The van der Waals surface area contributed by atoms with Crippen LogP contribution in [-0.4, -0.2) is 68.6 Å². The van der Waals surface area contributed by atoms with Gasteiger partial charge in [0.1, 0.15) is 24.3 Å². The van der Waals surface area contributed by atoms with Crippen LogP contribution >= 0.6 is 0 Å². The Balaban J connectivity index is 1.91. The Morgan fingerprint density at radius 2 is 1.50 bits per heavy atom. The van der Waals surface area contributed by atoms with Gasteiger partial charge in [-0.1, -0.05) is 30.3 Å². The smallest absolute Gasteiger partial charge is 0.326 e. The predicted octanol–water partition coefficient (Wildman–Crippen LogP) is 0.0446. The molecule has 12 heteroatoms. The SMILES string of the molecule is N=C(N)c1ccc(NC(O)CCC(O)N[C@@H](CC(=O)O)C(=O)N[C@@H](Cc2ccccc2)C(=O)O)cc1. The Labute approximate surface area is 207 Å². The highest BCUT2D eigenvalue weighted by molar-refractivity contribution is 5.95. The number of carbonyl (C=O) groups excluding carboxylic acids is 1. The van der Waals surface area contributed by atoms with Crippen LogP contribution < -0.4 is 21.7 Å². The first-order valence-electron chi connectivity index (χ1n) is 11.2. The number of amides is 1. The second-order valence-corrected chi connectivity index (χ2v) is 8.15. The van der Waals surface area contributed by atoms with Crippen LogP contribution in [0.1, 0.15) is 30.4 Å². The molecule has 2 aromatic rings. The van der Waals surface area contributed by atoms with Gasteiger partial charge in [0.25, 0.3) is 0 Å². The number of aliphatic hydroxyl groups is 2. The van der Waals surface area contributed by atoms with Gasteiger partial charge in [-0.15, -0.1) is 0 Å². The van der Waals surface area contributed by atoms with Crippen LogP contribution in [0.3, 0.4) is 0 Å². The maximum atomic E-state index is 12.7. The summed E-state index contributed by atoms with van der Waals surface area (Å²) >= 11 is 0. The maximum absolute atomic E-state index is 12.7. The van der Waals surface area contributed by atoms with Crippen LogP contribution in [0.2, 0.25) is 0 Å². The van der Waals surface area contributed by atoms with Crippen LogP contribution in [0.25, 0.3) is 0 Å². The lowest BCUT2D eigenvalue weighted by atomic mass is 10.0. The lowest BCUT2D eigenvalue weighted by molar-refractivity contribution is -0.143. The standard InChI is InChI=1S/C24H31N5O7/c25-22(26)15-6-8-16(9-7-15)27-19(30)10-11-20(31)28-17(13-21(32)33)23(34)29-18(24(35)36)12-14-4-2-1-3-5-14/h1-9,17-20,27-28,30-31H,10-13H2,(H3,25,26)(H,29,34)(H,32,33)(H,35,36)/t17-,18-,19?,20?/m0/s1. The van der Waals surface area contributed by atoms with Crippen LogP contribution in [0.4, 0.5) is 5.69 Å². The highest BCUT2D eigenvalue weighted by Gasteiger charge is 2.28. The van der Waals surface area contributed by atoms with Gasteiger partial charge in [0, 0.05) is 17.7 Å². The Morgan fingerprint density at radius 3 is 2.06 bits per heavy atom. The highest BCUT2D eigenvalue weighted by Crippen LogP contribution is 2.12. The lowest BCUT2D eigenvalue weighted by Gasteiger charge is -2.24. The number of carbonyl (C=O) groups is 3. The molecule has 2 unspecified atom stereocenters. The van der Waals surface area contributed by atoms with Crippen molar-refractivity contribution in [2.45, 2.75) is 50.2 Å². The van der Waals surface area contributed by atoms with Crippen molar-refractivity contribution in [2.75, 3.05) is 5.32 Å². The minimum Gasteiger partial charge on any atom is -0.481 e. The van der Waals surface area contributed by atoms with E-state index in [0.29, 0.717) is 16.8 Å². The monoisotopic (exact) mass is 501 g/mol. The predicted molar refractivity (Wildman–Crippen MR) is 131 cm³/mol. The molecule has 0 aromatic heterocycles. The van der Waals surface area contributed by atoms with E-state index in [1.54, 1.807) is 54.6 Å². The number of benzene rings is 2. The molecule has 0 saturated heterocycles. The second kappa shape index (κ2) is 13.8. The summed E-state index contributed by atoms with van der Waals surface area (Å²) in [5.41, 5.74) is 7.14. The summed E-state index contributed by atoms with van der Waals surface area (Å²) in [5.74, 6) is -3.58. The first kappa shape index (κ1) is 28.2. The normalized spacial score (nSPS) is 14.2. The van der Waals surface area contributed by atoms with Gasteiger partial charge in [0.15, 0.2) is 0 Å². The van der Waals surface area contributed by atoms with E-state index in [1.807, 2.05) is 0 Å². The van der Waals surface area contributed by atoms with Crippen LogP contribution in [-0.2, 0) is 20.8 Å². The Morgan fingerprint density at radius 1 is 0.889 bits per heavy atom. The second-order valence-electron chi connectivity index (χ2n) is 8.15. The molecule has 12 nitrogen and oxygen atoms in total. The minimum absolute atomic E-state index is 0.00445. The molecule has 0 aliphatic heterocycles. The summed E-state index contributed by atoms with van der Waals surface area (Å²) in [5, 5.41) is 54.1. The Bertz CT molecular complexity index is 1030. The number of hydrogen-bond acceptors (Lipinski definition) is 8. The van der Waals surface area contributed by atoms with E-state index in [9.17, 15) is 34.8 Å². The van der Waals surface area contributed by atoms with Gasteiger partial charge in [-0.05, 0) is 42.7 Å². The van der Waals surface area contributed by atoms with Crippen molar-refractivity contribution in [3.63, 3.8) is 0 Å². The van der Waals surface area contributed by atoms with Crippen molar-refractivity contribution in [1.82, 2.24) is 10.6 Å². The average molecular weight is 502 g/mol. The van der Waals surface area contributed by atoms with E-state index in [-0.39, 0.29) is 25.1 Å². The van der Waals surface area contributed by atoms with E-state index in [4.69, 9.17) is 11.1 Å². The molecule has 0 saturated carbocycles. The fraction of sp³-hybridized carbons (Fsp3) is 0.333. The quantitative estimate of drug-likeness (QED) is 0.0906. The van der Waals surface area contributed by atoms with Gasteiger partial charge in [0.2, 0.25) is 5.91 Å². The largest absolute Gasteiger partial charge is 0.481 e. The summed E-state index contributed by atoms with van der Waals surface area (Å²) < 4.78 is 0. The molecule has 10 N–H and O–H groups in total. The fourth-order valence-corrected chi connectivity index (χ4v) is 3.37. The number of anilines is 1. The zero-order valence-electron chi connectivity index (χ0n) is 19.4. The minimum atomic E-state index is -1.40. The molecule has 0 radical (unpaired) electrons. The third-order valence-corrected chi connectivity index (χ3v) is 5.23. The molecule has 2 aromatic carbocycles. The topological polar surface area (TPSA) is 218 Å². The van der Waals surface area contributed by atoms with Crippen LogP contribution in [0, 0.1) is 5.41 Å². The number of aliphatic carboxylic acids is 2. The number of rotatable bonds is 15. The molecule has 0 spiro atoms. The zero-order chi connectivity index (χ0) is 26.7.